The van der Waals surface area contributed by atoms with Gasteiger partial charge in [-0.2, -0.15) is 0 Å². The van der Waals surface area contributed by atoms with E-state index in [9.17, 15) is 9.59 Å². The van der Waals surface area contributed by atoms with E-state index in [0.717, 1.165) is 0 Å². The molecule has 0 aliphatic heterocycles. The van der Waals surface area contributed by atoms with Crippen molar-refractivity contribution in [3.8, 4) is 0 Å². The van der Waals surface area contributed by atoms with E-state index in [4.69, 9.17) is 9.47 Å². The number of carbonyl (C=O) groups is 2. The second kappa shape index (κ2) is 7.40. The molecule has 0 aliphatic carbocycles. The van der Waals surface area contributed by atoms with Gasteiger partial charge in [0.2, 0.25) is 0 Å². The SMILES string of the molecule is COCCNC(=O)COC(=O)c1ccccc1. The van der Waals surface area contributed by atoms with Gasteiger partial charge in [-0.1, -0.05) is 18.2 Å². The standard InChI is InChI=1S/C12H15NO4/c1-16-8-7-13-11(14)9-17-12(15)10-5-3-2-4-6-10/h2-6H,7-9H2,1H3,(H,13,14). The number of hydrogen-bond acceptors (Lipinski definition) is 4. The number of esters is 1. The summed E-state index contributed by atoms with van der Waals surface area (Å²) in [5.41, 5.74) is 0.428. The van der Waals surface area contributed by atoms with Crippen LogP contribution in [0.1, 0.15) is 10.4 Å². The van der Waals surface area contributed by atoms with Crippen molar-refractivity contribution in [1.82, 2.24) is 5.32 Å². The molecule has 17 heavy (non-hydrogen) atoms. The van der Waals surface area contributed by atoms with Crippen LogP contribution in [-0.2, 0) is 14.3 Å². The van der Waals surface area contributed by atoms with E-state index in [2.05, 4.69) is 5.32 Å². The zero-order chi connectivity index (χ0) is 12.5. The van der Waals surface area contributed by atoms with Gasteiger partial charge in [0.1, 0.15) is 0 Å². The summed E-state index contributed by atoms with van der Waals surface area (Å²) < 4.78 is 9.59. The van der Waals surface area contributed by atoms with Gasteiger partial charge in [0.25, 0.3) is 5.91 Å². The fourth-order valence-corrected chi connectivity index (χ4v) is 1.13. The Morgan fingerprint density at radius 3 is 2.59 bits per heavy atom. The van der Waals surface area contributed by atoms with Crippen molar-refractivity contribution in [2.75, 3.05) is 26.9 Å². The summed E-state index contributed by atoms with van der Waals surface area (Å²) in [6, 6.07) is 8.52. The molecule has 0 aliphatic rings. The van der Waals surface area contributed by atoms with Crippen molar-refractivity contribution in [2.45, 2.75) is 0 Å². The Morgan fingerprint density at radius 2 is 1.94 bits per heavy atom. The molecule has 92 valence electrons. The van der Waals surface area contributed by atoms with E-state index in [-0.39, 0.29) is 12.5 Å². The highest BCUT2D eigenvalue weighted by molar-refractivity contribution is 5.91. The number of ether oxygens (including phenoxy) is 2. The number of amides is 1. The maximum Gasteiger partial charge on any atom is 0.338 e. The normalized spacial score (nSPS) is 9.71. The van der Waals surface area contributed by atoms with E-state index in [1.165, 1.54) is 0 Å². The predicted octanol–water partition coefficient (Wildman–Crippen LogP) is 0.606. The number of rotatable bonds is 6. The van der Waals surface area contributed by atoms with Gasteiger partial charge < -0.3 is 14.8 Å². The molecule has 0 spiro atoms. The summed E-state index contributed by atoms with van der Waals surface area (Å²) >= 11 is 0. The van der Waals surface area contributed by atoms with Gasteiger partial charge in [0.05, 0.1) is 12.2 Å². The van der Waals surface area contributed by atoms with Crippen molar-refractivity contribution in [2.24, 2.45) is 0 Å². The van der Waals surface area contributed by atoms with Crippen LogP contribution >= 0.6 is 0 Å². The van der Waals surface area contributed by atoms with Crippen molar-refractivity contribution < 1.29 is 19.1 Å². The van der Waals surface area contributed by atoms with E-state index in [1.807, 2.05) is 0 Å². The molecule has 1 aromatic rings. The molecule has 0 bridgehead atoms. The first kappa shape index (κ1) is 13.2. The summed E-state index contributed by atoms with van der Waals surface area (Å²) in [5.74, 6) is -0.848. The minimum atomic E-state index is -0.507. The van der Waals surface area contributed by atoms with Crippen LogP contribution in [0.2, 0.25) is 0 Å². The first-order valence-corrected chi connectivity index (χ1v) is 5.22. The lowest BCUT2D eigenvalue weighted by Crippen LogP contribution is -2.31. The van der Waals surface area contributed by atoms with Crippen LogP contribution in [0.4, 0.5) is 0 Å². The minimum Gasteiger partial charge on any atom is -0.452 e. The highest BCUT2D eigenvalue weighted by Gasteiger charge is 2.08. The van der Waals surface area contributed by atoms with Gasteiger partial charge in [0, 0.05) is 13.7 Å². The average molecular weight is 237 g/mol. The van der Waals surface area contributed by atoms with Crippen LogP contribution in [-0.4, -0.2) is 38.7 Å². The van der Waals surface area contributed by atoms with Crippen LogP contribution in [0.25, 0.3) is 0 Å². The molecule has 1 amide bonds. The quantitative estimate of drug-likeness (QED) is 0.581. The molecule has 5 heteroatoms. The highest BCUT2D eigenvalue weighted by Crippen LogP contribution is 2.00. The number of methoxy groups -OCH3 is 1. The third-order valence-corrected chi connectivity index (χ3v) is 1.97. The predicted molar refractivity (Wildman–Crippen MR) is 61.6 cm³/mol. The van der Waals surface area contributed by atoms with E-state index in [0.29, 0.717) is 18.7 Å². The zero-order valence-corrected chi connectivity index (χ0v) is 9.64. The lowest BCUT2D eigenvalue weighted by atomic mass is 10.2. The van der Waals surface area contributed by atoms with Gasteiger partial charge in [-0.3, -0.25) is 4.79 Å². The van der Waals surface area contributed by atoms with Crippen LogP contribution < -0.4 is 5.32 Å². The smallest absolute Gasteiger partial charge is 0.338 e. The Kier molecular flexibility index (Phi) is 5.74. The molecular weight excluding hydrogens is 222 g/mol. The topological polar surface area (TPSA) is 64.6 Å². The van der Waals surface area contributed by atoms with E-state index >= 15 is 0 Å². The van der Waals surface area contributed by atoms with Crippen molar-refractivity contribution in [1.29, 1.82) is 0 Å². The van der Waals surface area contributed by atoms with Crippen LogP contribution in [0, 0.1) is 0 Å². The number of hydrogen-bond donors (Lipinski definition) is 1. The fourth-order valence-electron chi connectivity index (χ4n) is 1.13. The Bertz CT molecular complexity index is 364. The average Bonchev–Trinajstić information content (AvgIpc) is 2.37. The molecule has 1 rings (SSSR count). The molecule has 1 N–H and O–H groups in total. The van der Waals surface area contributed by atoms with Gasteiger partial charge in [0.15, 0.2) is 6.61 Å². The molecule has 0 aromatic heterocycles. The Labute approximate surface area is 99.7 Å². The summed E-state index contributed by atoms with van der Waals surface area (Å²) in [4.78, 5) is 22.7. The van der Waals surface area contributed by atoms with Gasteiger partial charge in [-0.15, -0.1) is 0 Å². The fraction of sp³-hybridized carbons (Fsp3) is 0.333. The zero-order valence-electron chi connectivity index (χ0n) is 9.64. The maximum absolute atomic E-state index is 11.5. The summed E-state index contributed by atoms with van der Waals surface area (Å²) in [6.07, 6.45) is 0. The van der Waals surface area contributed by atoms with Crippen molar-refractivity contribution >= 4 is 11.9 Å². The molecule has 0 fully saturated rings. The van der Waals surface area contributed by atoms with Crippen molar-refractivity contribution in [3.63, 3.8) is 0 Å². The van der Waals surface area contributed by atoms with Gasteiger partial charge in [-0.25, -0.2) is 4.79 Å². The third kappa shape index (κ3) is 5.12. The summed E-state index contributed by atoms with van der Waals surface area (Å²) in [6.45, 7) is 0.550. The molecule has 0 saturated carbocycles. The molecule has 5 nitrogen and oxygen atoms in total. The van der Waals surface area contributed by atoms with Gasteiger partial charge >= 0.3 is 5.97 Å². The molecule has 0 saturated heterocycles. The Balaban J connectivity index is 2.26. The molecule has 0 heterocycles. The summed E-state index contributed by atoms with van der Waals surface area (Å²) in [7, 11) is 1.54. The highest BCUT2D eigenvalue weighted by atomic mass is 16.5. The Morgan fingerprint density at radius 1 is 1.24 bits per heavy atom. The monoisotopic (exact) mass is 237 g/mol. The second-order valence-corrected chi connectivity index (χ2v) is 3.28. The summed E-state index contributed by atoms with van der Waals surface area (Å²) in [5, 5.41) is 2.55. The van der Waals surface area contributed by atoms with E-state index < -0.39 is 5.97 Å². The molecule has 0 radical (unpaired) electrons. The van der Waals surface area contributed by atoms with Crippen LogP contribution in [0.3, 0.4) is 0 Å². The first-order chi connectivity index (χ1) is 8.24. The maximum atomic E-state index is 11.5. The number of benzene rings is 1. The molecular formula is C12H15NO4. The van der Waals surface area contributed by atoms with Gasteiger partial charge in [-0.05, 0) is 12.1 Å². The molecule has 0 unspecified atom stereocenters. The molecule has 1 aromatic carbocycles. The second-order valence-electron chi connectivity index (χ2n) is 3.28. The van der Waals surface area contributed by atoms with Crippen LogP contribution in [0.15, 0.2) is 30.3 Å². The lowest BCUT2D eigenvalue weighted by molar-refractivity contribution is -0.124. The third-order valence-electron chi connectivity index (χ3n) is 1.97. The number of nitrogens with one attached hydrogen (secondary N) is 1. The van der Waals surface area contributed by atoms with Crippen molar-refractivity contribution in [3.05, 3.63) is 35.9 Å². The van der Waals surface area contributed by atoms with E-state index in [1.54, 1.807) is 37.4 Å². The Hall–Kier alpha value is -1.88. The lowest BCUT2D eigenvalue weighted by Gasteiger charge is -2.05. The first-order valence-electron chi connectivity index (χ1n) is 5.22. The number of carbonyl (C=O) groups excluding carboxylic acids is 2. The molecule has 0 atom stereocenters. The largest absolute Gasteiger partial charge is 0.452 e. The minimum absolute atomic E-state index is 0.280. The van der Waals surface area contributed by atoms with Crippen LogP contribution in [0.5, 0.6) is 0 Å².